The number of para-hydroxylation sites is 1. The summed E-state index contributed by atoms with van der Waals surface area (Å²) < 4.78 is 15.1. The van der Waals surface area contributed by atoms with Crippen LogP contribution in [0.4, 0.5) is 5.82 Å². The molecule has 0 aliphatic carbocycles. The Morgan fingerprint density at radius 3 is 2.69 bits per heavy atom. The van der Waals surface area contributed by atoms with E-state index in [0.717, 1.165) is 55.8 Å². The van der Waals surface area contributed by atoms with Crippen molar-refractivity contribution in [2.24, 2.45) is 11.8 Å². The molecule has 2 saturated heterocycles. The van der Waals surface area contributed by atoms with Crippen molar-refractivity contribution in [1.29, 1.82) is 0 Å². The highest BCUT2D eigenvalue weighted by molar-refractivity contribution is 5.94. The highest BCUT2D eigenvalue weighted by Gasteiger charge is 2.38. The number of piperidine rings is 1. The van der Waals surface area contributed by atoms with Gasteiger partial charge in [-0.3, -0.25) is 14.5 Å². The Morgan fingerprint density at radius 1 is 1.17 bits per heavy atom. The van der Waals surface area contributed by atoms with Gasteiger partial charge in [0.15, 0.2) is 17.3 Å². The van der Waals surface area contributed by atoms with Crippen molar-refractivity contribution in [2.45, 2.75) is 25.3 Å². The summed E-state index contributed by atoms with van der Waals surface area (Å²) in [6.07, 6.45) is 2.36. The zero-order valence-corrected chi connectivity index (χ0v) is 16.9. The largest absolute Gasteiger partial charge is 0.468 e. The van der Waals surface area contributed by atoms with E-state index in [-0.39, 0.29) is 5.92 Å². The van der Waals surface area contributed by atoms with Crippen molar-refractivity contribution < 1.29 is 23.6 Å². The number of methoxy groups -OCH3 is 2. The molecule has 2 unspecified atom stereocenters. The molecule has 156 valence electrons. The first-order chi connectivity index (χ1) is 14.1. The zero-order chi connectivity index (χ0) is 20.4. The minimum atomic E-state index is -0.847. The molecule has 4 rings (SSSR count). The molecule has 2 aliphatic rings. The normalized spacial score (nSPS) is 22.5. The Bertz CT molecular complexity index is 866. The third-order valence-electron chi connectivity index (χ3n) is 6.23. The molecule has 2 aromatic rings. The fraction of sp³-hybridized carbons (Fsp3) is 0.571. The van der Waals surface area contributed by atoms with E-state index in [9.17, 15) is 9.59 Å². The Hall–Kier alpha value is -2.61. The van der Waals surface area contributed by atoms with Crippen LogP contribution in [-0.2, 0) is 19.1 Å². The number of hydrogen-bond donors (Lipinski definition) is 0. The lowest BCUT2D eigenvalue weighted by molar-refractivity contribution is -0.160. The second kappa shape index (κ2) is 8.41. The van der Waals surface area contributed by atoms with E-state index in [1.54, 1.807) is 0 Å². The van der Waals surface area contributed by atoms with Gasteiger partial charge >= 0.3 is 11.9 Å². The monoisotopic (exact) mass is 401 g/mol. The molecule has 0 bridgehead atoms. The van der Waals surface area contributed by atoms with E-state index in [1.807, 2.05) is 24.3 Å². The molecule has 1 aromatic heterocycles. The van der Waals surface area contributed by atoms with Crippen LogP contribution in [0.1, 0.15) is 19.3 Å². The number of esters is 2. The van der Waals surface area contributed by atoms with Crippen LogP contribution >= 0.6 is 0 Å². The number of rotatable bonds is 5. The van der Waals surface area contributed by atoms with Crippen LogP contribution in [0.2, 0.25) is 0 Å². The molecule has 0 radical (unpaired) electrons. The summed E-state index contributed by atoms with van der Waals surface area (Å²) in [4.78, 5) is 28.9. The summed E-state index contributed by atoms with van der Waals surface area (Å²) in [5, 5.41) is 5.33. The van der Waals surface area contributed by atoms with Crippen molar-refractivity contribution in [1.82, 2.24) is 10.1 Å². The lowest BCUT2D eigenvalue weighted by atomic mass is 9.83. The van der Waals surface area contributed by atoms with E-state index in [4.69, 9.17) is 14.0 Å². The zero-order valence-electron chi connectivity index (χ0n) is 16.9. The predicted molar refractivity (Wildman–Crippen MR) is 106 cm³/mol. The van der Waals surface area contributed by atoms with Gasteiger partial charge in [-0.1, -0.05) is 17.3 Å². The second-order valence-electron chi connectivity index (χ2n) is 7.86. The Kier molecular flexibility index (Phi) is 5.71. The molecule has 29 heavy (non-hydrogen) atoms. The lowest BCUT2D eigenvalue weighted by Crippen LogP contribution is -2.56. The van der Waals surface area contributed by atoms with Crippen LogP contribution in [-0.4, -0.2) is 68.4 Å². The molecule has 3 heterocycles. The number of aromatic nitrogens is 1. The van der Waals surface area contributed by atoms with E-state index in [0.29, 0.717) is 12.5 Å². The van der Waals surface area contributed by atoms with Gasteiger partial charge in [0.1, 0.15) is 0 Å². The van der Waals surface area contributed by atoms with Gasteiger partial charge in [-0.15, -0.1) is 0 Å². The van der Waals surface area contributed by atoms with Crippen molar-refractivity contribution in [2.75, 3.05) is 45.3 Å². The highest BCUT2D eigenvalue weighted by Crippen LogP contribution is 2.33. The van der Waals surface area contributed by atoms with Crippen molar-refractivity contribution in [3.05, 3.63) is 24.3 Å². The number of anilines is 1. The topological polar surface area (TPSA) is 85.1 Å². The van der Waals surface area contributed by atoms with E-state index in [2.05, 4.69) is 15.0 Å². The minimum Gasteiger partial charge on any atom is -0.468 e. The smallest absolute Gasteiger partial charge is 0.320 e. The van der Waals surface area contributed by atoms with Crippen LogP contribution in [0.25, 0.3) is 11.0 Å². The molecule has 0 saturated carbocycles. The molecule has 8 heteroatoms. The minimum absolute atomic E-state index is 0.272. The van der Waals surface area contributed by atoms with E-state index < -0.39 is 17.9 Å². The molecular formula is C21H27N3O5. The standard InChI is InChI=1S/C21H27N3O5/c1-27-20(25)17(21(26)28-2)12-14-7-8-23-9-10-24(13-15(23)11-14)19-16-5-3-4-6-18(16)29-22-19/h3-6,14-15,17H,7-13H2,1-2H3. The van der Waals surface area contributed by atoms with Crippen molar-refractivity contribution in [3.8, 4) is 0 Å². The fourth-order valence-electron chi connectivity index (χ4n) is 4.68. The van der Waals surface area contributed by atoms with Crippen molar-refractivity contribution >= 4 is 28.7 Å². The van der Waals surface area contributed by atoms with Gasteiger partial charge < -0.3 is 18.9 Å². The number of ether oxygens (including phenoxy) is 2. The molecule has 2 aliphatic heterocycles. The van der Waals surface area contributed by atoms with Gasteiger partial charge in [0.2, 0.25) is 0 Å². The summed E-state index contributed by atoms with van der Waals surface area (Å²) in [6, 6.07) is 8.26. The Balaban J connectivity index is 1.44. The SMILES string of the molecule is COC(=O)C(CC1CCN2CCN(c3noc4ccccc34)CC2C1)C(=O)OC. The summed E-state index contributed by atoms with van der Waals surface area (Å²) >= 11 is 0. The third-order valence-corrected chi connectivity index (χ3v) is 6.23. The molecule has 0 spiro atoms. The predicted octanol–water partition coefficient (Wildman–Crippen LogP) is 2.08. The quantitative estimate of drug-likeness (QED) is 0.556. The van der Waals surface area contributed by atoms with Crippen LogP contribution in [0.15, 0.2) is 28.8 Å². The highest BCUT2D eigenvalue weighted by atomic mass is 16.5. The van der Waals surface area contributed by atoms with Gasteiger partial charge in [0.05, 0.1) is 19.6 Å². The van der Waals surface area contributed by atoms with Gasteiger partial charge in [-0.25, -0.2) is 0 Å². The molecular weight excluding hydrogens is 374 g/mol. The summed E-state index contributed by atoms with van der Waals surface area (Å²) in [6.45, 7) is 3.70. The number of hydrogen-bond acceptors (Lipinski definition) is 8. The third kappa shape index (κ3) is 3.94. The van der Waals surface area contributed by atoms with Crippen LogP contribution < -0.4 is 4.90 Å². The maximum Gasteiger partial charge on any atom is 0.320 e. The summed E-state index contributed by atoms with van der Waals surface area (Å²) in [5.41, 5.74) is 0.797. The van der Waals surface area contributed by atoms with Crippen LogP contribution in [0.5, 0.6) is 0 Å². The Morgan fingerprint density at radius 2 is 1.93 bits per heavy atom. The maximum atomic E-state index is 12.0. The number of carbonyl (C=O) groups is 2. The number of piperazine rings is 1. The van der Waals surface area contributed by atoms with Gasteiger partial charge in [0, 0.05) is 25.7 Å². The number of carbonyl (C=O) groups excluding carboxylic acids is 2. The lowest BCUT2D eigenvalue weighted by Gasteiger charge is -2.46. The molecule has 2 atom stereocenters. The number of fused-ring (bicyclic) bond motifs is 2. The van der Waals surface area contributed by atoms with Crippen molar-refractivity contribution in [3.63, 3.8) is 0 Å². The van der Waals surface area contributed by atoms with Crippen LogP contribution in [0.3, 0.4) is 0 Å². The first-order valence-electron chi connectivity index (χ1n) is 10.1. The number of benzene rings is 1. The van der Waals surface area contributed by atoms with Crippen LogP contribution in [0, 0.1) is 11.8 Å². The first kappa shape index (κ1) is 19.7. The molecule has 0 amide bonds. The average Bonchev–Trinajstić information content (AvgIpc) is 3.20. The number of nitrogens with zero attached hydrogens (tertiary/aromatic N) is 3. The van der Waals surface area contributed by atoms with Gasteiger partial charge in [-0.2, -0.15) is 0 Å². The molecule has 8 nitrogen and oxygen atoms in total. The molecule has 2 fully saturated rings. The molecule has 0 N–H and O–H groups in total. The maximum absolute atomic E-state index is 12.0. The van der Waals surface area contributed by atoms with Gasteiger partial charge in [-0.05, 0) is 43.9 Å². The summed E-state index contributed by atoms with van der Waals surface area (Å²) in [5.74, 6) is -0.712. The van der Waals surface area contributed by atoms with E-state index >= 15 is 0 Å². The molecule has 1 aromatic carbocycles. The Labute approximate surface area is 169 Å². The average molecular weight is 401 g/mol. The summed E-state index contributed by atoms with van der Waals surface area (Å²) in [7, 11) is 2.62. The first-order valence-corrected chi connectivity index (χ1v) is 10.1. The fourth-order valence-corrected chi connectivity index (χ4v) is 4.68. The second-order valence-corrected chi connectivity index (χ2v) is 7.86. The van der Waals surface area contributed by atoms with E-state index in [1.165, 1.54) is 14.2 Å². The van der Waals surface area contributed by atoms with Gasteiger partial charge in [0.25, 0.3) is 0 Å².